The lowest BCUT2D eigenvalue weighted by molar-refractivity contribution is -0.133. The van der Waals surface area contributed by atoms with Gasteiger partial charge in [0.25, 0.3) is 0 Å². The molecular weight excluding hydrogens is 384 g/mol. The second kappa shape index (κ2) is 8.61. The number of carboxylic acid groups (broad SMARTS) is 1. The number of methoxy groups -OCH3 is 2. The van der Waals surface area contributed by atoms with Gasteiger partial charge in [0.05, 0.1) is 38.0 Å². The summed E-state index contributed by atoms with van der Waals surface area (Å²) in [7, 11) is 3.13. The van der Waals surface area contributed by atoms with Crippen molar-refractivity contribution in [3.8, 4) is 22.9 Å². The predicted molar refractivity (Wildman–Crippen MR) is 103 cm³/mol. The number of furan rings is 1. The number of thioether (sulfide) groups is 1. The van der Waals surface area contributed by atoms with E-state index < -0.39 is 5.97 Å². The van der Waals surface area contributed by atoms with Crippen LogP contribution in [0.25, 0.3) is 11.4 Å². The minimum atomic E-state index is -0.956. The van der Waals surface area contributed by atoms with Crippen molar-refractivity contribution in [2.75, 3.05) is 20.0 Å². The molecule has 9 nitrogen and oxygen atoms in total. The second-order valence-corrected chi connectivity index (χ2v) is 6.52. The van der Waals surface area contributed by atoms with Crippen molar-refractivity contribution in [2.45, 2.75) is 12.1 Å². The van der Waals surface area contributed by atoms with Gasteiger partial charge in [-0.05, 0) is 25.1 Å². The summed E-state index contributed by atoms with van der Waals surface area (Å²) in [6.45, 7) is 1.80. The minimum Gasteiger partial charge on any atom is -0.497 e. The van der Waals surface area contributed by atoms with Gasteiger partial charge in [-0.2, -0.15) is 9.78 Å². The Morgan fingerprint density at radius 2 is 2.00 bits per heavy atom. The Balaban J connectivity index is 2.01. The fraction of sp³-hybridized carbons (Fsp3) is 0.222. The van der Waals surface area contributed by atoms with Gasteiger partial charge in [-0.3, -0.25) is 4.79 Å². The van der Waals surface area contributed by atoms with Crippen LogP contribution in [0.2, 0.25) is 0 Å². The smallest absolute Gasteiger partial charge is 0.313 e. The van der Waals surface area contributed by atoms with Crippen LogP contribution in [0.15, 0.2) is 45.2 Å². The molecule has 0 saturated heterocycles. The molecule has 0 atom stereocenters. The Hall–Kier alpha value is -3.27. The molecule has 28 heavy (non-hydrogen) atoms. The number of aryl methyl sites for hydroxylation is 1. The number of aromatic nitrogens is 3. The van der Waals surface area contributed by atoms with Gasteiger partial charge in [0.2, 0.25) is 5.16 Å². The quantitative estimate of drug-likeness (QED) is 0.452. The first-order valence-corrected chi connectivity index (χ1v) is 9.12. The molecule has 146 valence electrons. The molecule has 10 heteroatoms. The van der Waals surface area contributed by atoms with Gasteiger partial charge in [0.15, 0.2) is 5.82 Å². The molecule has 0 unspecified atom stereocenters. The van der Waals surface area contributed by atoms with Gasteiger partial charge in [0, 0.05) is 11.6 Å². The highest BCUT2D eigenvalue weighted by Crippen LogP contribution is 2.27. The molecule has 1 N–H and O–H groups in total. The van der Waals surface area contributed by atoms with Crippen LogP contribution < -0.4 is 9.47 Å². The van der Waals surface area contributed by atoms with E-state index in [1.165, 1.54) is 4.68 Å². The maximum atomic E-state index is 10.9. The number of ether oxygens (including phenoxy) is 2. The number of hydrogen-bond donors (Lipinski definition) is 1. The van der Waals surface area contributed by atoms with Gasteiger partial charge in [-0.1, -0.05) is 11.8 Å². The summed E-state index contributed by atoms with van der Waals surface area (Å²) >= 11 is 1.03. The lowest BCUT2D eigenvalue weighted by atomic mass is 10.2. The van der Waals surface area contributed by atoms with Gasteiger partial charge in [0.1, 0.15) is 17.3 Å². The third-order valence-corrected chi connectivity index (χ3v) is 4.64. The van der Waals surface area contributed by atoms with Crippen molar-refractivity contribution in [3.05, 3.63) is 41.9 Å². The van der Waals surface area contributed by atoms with Crippen molar-refractivity contribution < 1.29 is 23.8 Å². The molecule has 0 aliphatic heterocycles. The molecule has 0 radical (unpaired) electrons. The number of benzene rings is 1. The fourth-order valence-corrected chi connectivity index (χ4v) is 3.01. The van der Waals surface area contributed by atoms with E-state index in [4.69, 9.17) is 19.0 Å². The van der Waals surface area contributed by atoms with E-state index in [0.717, 1.165) is 22.9 Å². The SMILES string of the molecule is COc1cc(/C=N\n2c(SCC(=O)O)nnc2-c2ccoc2C)cc(OC)c1. The molecule has 2 aromatic heterocycles. The van der Waals surface area contributed by atoms with Gasteiger partial charge < -0.3 is 19.0 Å². The highest BCUT2D eigenvalue weighted by Gasteiger charge is 2.18. The Kier molecular flexibility index (Phi) is 5.99. The zero-order chi connectivity index (χ0) is 20.1. The largest absolute Gasteiger partial charge is 0.497 e. The highest BCUT2D eigenvalue weighted by atomic mass is 32.2. The highest BCUT2D eigenvalue weighted by molar-refractivity contribution is 7.99. The van der Waals surface area contributed by atoms with Gasteiger partial charge in [-0.15, -0.1) is 10.2 Å². The third-order valence-electron chi connectivity index (χ3n) is 3.73. The average Bonchev–Trinajstić information content (AvgIpc) is 3.29. The summed E-state index contributed by atoms with van der Waals surface area (Å²) in [6, 6.07) is 7.10. The van der Waals surface area contributed by atoms with Crippen LogP contribution in [-0.2, 0) is 4.79 Å². The fourth-order valence-electron chi connectivity index (χ4n) is 2.40. The summed E-state index contributed by atoms with van der Waals surface area (Å²) in [6.07, 6.45) is 3.14. The number of carboxylic acids is 1. The molecule has 2 heterocycles. The third kappa shape index (κ3) is 4.34. The monoisotopic (exact) mass is 402 g/mol. The first kappa shape index (κ1) is 19.5. The summed E-state index contributed by atoms with van der Waals surface area (Å²) in [5.74, 6) is 1.23. The predicted octanol–water partition coefficient (Wildman–Crippen LogP) is 2.92. The molecule has 0 fully saturated rings. The molecule has 0 spiro atoms. The zero-order valence-electron chi connectivity index (χ0n) is 15.4. The van der Waals surface area contributed by atoms with Gasteiger partial charge in [-0.25, -0.2) is 0 Å². The van der Waals surface area contributed by atoms with Gasteiger partial charge >= 0.3 is 5.97 Å². The molecule has 0 aliphatic carbocycles. The van der Waals surface area contributed by atoms with Crippen LogP contribution in [-0.4, -0.2) is 52.1 Å². The van der Waals surface area contributed by atoms with E-state index in [9.17, 15) is 4.79 Å². The van der Waals surface area contributed by atoms with Crippen molar-refractivity contribution >= 4 is 23.9 Å². The number of carbonyl (C=O) groups is 1. The van der Waals surface area contributed by atoms with E-state index in [2.05, 4.69) is 15.3 Å². The first-order valence-electron chi connectivity index (χ1n) is 8.13. The summed E-state index contributed by atoms with van der Waals surface area (Å²) in [4.78, 5) is 10.9. The van der Waals surface area contributed by atoms with Crippen molar-refractivity contribution in [2.24, 2.45) is 5.10 Å². The normalized spacial score (nSPS) is 11.1. The molecular formula is C18H18N4O5S. The second-order valence-electron chi connectivity index (χ2n) is 5.58. The van der Waals surface area contributed by atoms with Crippen LogP contribution in [0, 0.1) is 6.92 Å². The molecule has 0 saturated carbocycles. The van der Waals surface area contributed by atoms with Crippen LogP contribution in [0.3, 0.4) is 0 Å². The Labute approximate surface area is 165 Å². The van der Waals surface area contributed by atoms with E-state index >= 15 is 0 Å². The van der Waals surface area contributed by atoms with E-state index in [0.29, 0.717) is 28.2 Å². The molecule has 0 amide bonds. The number of nitrogens with zero attached hydrogens (tertiary/aromatic N) is 4. The van der Waals surface area contributed by atoms with E-state index in [-0.39, 0.29) is 5.75 Å². The lowest BCUT2D eigenvalue weighted by Gasteiger charge is -2.06. The van der Waals surface area contributed by atoms with Crippen molar-refractivity contribution in [1.82, 2.24) is 14.9 Å². The lowest BCUT2D eigenvalue weighted by Crippen LogP contribution is -2.02. The number of rotatable bonds is 8. The van der Waals surface area contributed by atoms with Crippen LogP contribution in [0.1, 0.15) is 11.3 Å². The Morgan fingerprint density at radius 1 is 1.29 bits per heavy atom. The summed E-state index contributed by atoms with van der Waals surface area (Å²) in [5, 5.41) is 22.0. The molecule has 3 aromatic rings. The topological polar surface area (TPSA) is 112 Å². The molecule has 3 rings (SSSR count). The maximum absolute atomic E-state index is 10.9. The van der Waals surface area contributed by atoms with E-state index in [1.807, 2.05) is 0 Å². The van der Waals surface area contributed by atoms with Crippen LogP contribution >= 0.6 is 11.8 Å². The molecule has 0 bridgehead atoms. The Morgan fingerprint density at radius 3 is 2.57 bits per heavy atom. The number of aliphatic carboxylic acids is 1. The summed E-state index contributed by atoms with van der Waals surface area (Å²) in [5.41, 5.74) is 1.45. The van der Waals surface area contributed by atoms with E-state index in [1.54, 1.807) is 57.9 Å². The molecule has 0 aliphatic rings. The molecule has 1 aromatic carbocycles. The van der Waals surface area contributed by atoms with Crippen molar-refractivity contribution in [3.63, 3.8) is 0 Å². The zero-order valence-corrected chi connectivity index (χ0v) is 16.3. The number of hydrogen-bond acceptors (Lipinski definition) is 8. The first-order chi connectivity index (χ1) is 13.5. The standard InChI is InChI=1S/C18H18N4O5S/c1-11-15(4-5-27-11)17-20-21-18(28-10-16(23)24)22(17)19-9-12-6-13(25-2)8-14(7-12)26-3/h4-9H,10H2,1-3H3,(H,23,24)/b19-9-. The van der Waals surface area contributed by atoms with Crippen molar-refractivity contribution in [1.29, 1.82) is 0 Å². The van der Waals surface area contributed by atoms with Crippen LogP contribution in [0.4, 0.5) is 0 Å². The minimum absolute atomic E-state index is 0.162. The maximum Gasteiger partial charge on any atom is 0.313 e. The Bertz CT molecular complexity index is 989. The average molecular weight is 402 g/mol. The van der Waals surface area contributed by atoms with Crippen LogP contribution in [0.5, 0.6) is 11.5 Å². The summed E-state index contributed by atoms with van der Waals surface area (Å²) < 4.78 is 17.4.